The zero-order valence-corrected chi connectivity index (χ0v) is 16.9. The minimum absolute atomic E-state index is 0.168. The second kappa shape index (κ2) is 7.31. The summed E-state index contributed by atoms with van der Waals surface area (Å²) in [6, 6.07) is 13.1. The minimum Gasteiger partial charge on any atom is -0.380 e. The molecule has 1 heterocycles. The van der Waals surface area contributed by atoms with E-state index < -0.39 is 0 Å². The Morgan fingerprint density at radius 3 is 1.92 bits per heavy atom. The van der Waals surface area contributed by atoms with Gasteiger partial charge in [0.15, 0.2) is 0 Å². The lowest BCUT2D eigenvalue weighted by Gasteiger charge is -2.30. The Bertz CT molecular complexity index is 718. The van der Waals surface area contributed by atoms with E-state index in [-0.39, 0.29) is 5.41 Å². The maximum Gasteiger partial charge on any atom is 0.0604 e. The van der Waals surface area contributed by atoms with Gasteiger partial charge in [0.2, 0.25) is 0 Å². The third-order valence-corrected chi connectivity index (χ3v) is 5.99. The van der Waals surface area contributed by atoms with E-state index in [9.17, 15) is 0 Å². The highest BCUT2D eigenvalue weighted by Crippen LogP contribution is 2.44. The highest BCUT2D eigenvalue weighted by atomic mass is 35.5. The topological polar surface area (TPSA) is 9.23 Å². The zero-order chi connectivity index (χ0) is 18.2. The van der Waals surface area contributed by atoms with E-state index in [1.54, 1.807) is 0 Å². The van der Waals surface area contributed by atoms with Crippen LogP contribution in [0.3, 0.4) is 0 Å². The van der Waals surface area contributed by atoms with E-state index in [2.05, 4.69) is 64.1 Å². The van der Waals surface area contributed by atoms with Crippen molar-refractivity contribution in [2.75, 3.05) is 13.2 Å². The van der Waals surface area contributed by atoms with Crippen molar-refractivity contribution in [2.45, 2.75) is 51.4 Å². The molecule has 0 saturated carbocycles. The monoisotopic (exact) mass is 376 g/mol. The Labute approximate surface area is 161 Å². The highest BCUT2D eigenvalue weighted by Gasteiger charge is 2.39. The molecule has 1 fully saturated rings. The first-order chi connectivity index (χ1) is 11.8. The third-order valence-electron chi connectivity index (χ3n) is 5.36. The van der Waals surface area contributed by atoms with Gasteiger partial charge in [0.1, 0.15) is 0 Å². The summed E-state index contributed by atoms with van der Waals surface area (Å²) in [6.07, 6.45) is 0.946. The molecular formula is C22H26Cl2O. The summed E-state index contributed by atoms with van der Waals surface area (Å²) in [5.41, 5.74) is 4.64. The summed E-state index contributed by atoms with van der Waals surface area (Å²) >= 11 is 13.2. The van der Waals surface area contributed by atoms with Crippen molar-refractivity contribution in [3.8, 4) is 0 Å². The van der Waals surface area contributed by atoms with Gasteiger partial charge in [0.25, 0.3) is 0 Å². The van der Waals surface area contributed by atoms with E-state index >= 15 is 0 Å². The average Bonchev–Trinajstić information content (AvgIpc) is 3.04. The van der Waals surface area contributed by atoms with Crippen LogP contribution in [0.15, 0.2) is 36.4 Å². The molecule has 1 nitrogen and oxygen atoms in total. The van der Waals surface area contributed by atoms with Crippen molar-refractivity contribution in [3.63, 3.8) is 0 Å². The van der Waals surface area contributed by atoms with Crippen molar-refractivity contribution in [1.29, 1.82) is 0 Å². The fourth-order valence-electron chi connectivity index (χ4n) is 3.79. The van der Waals surface area contributed by atoms with E-state index in [0.29, 0.717) is 18.4 Å². The summed E-state index contributed by atoms with van der Waals surface area (Å²) in [4.78, 5) is 0. The number of halogens is 2. The molecule has 0 radical (unpaired) electrons. The van der Waals surface area contributed by atoms with Gasteiger partial charge >= 0.3 is 0 Å². The Morgan fingerprint density at radius 2 is 1.48 bits per heavy atom. The summed E-state index contributed by atoms with van der Waals surface area (Å²) in [5.74, 6) is 0.828. The summed E-state index contributed by atoms with van der Waals surface area (Å²) in [7, 11) is 0. The second-order valence-electron chi connectivity index (χ2n) is 7.67. The van der Waals surface area contributed by atoms with Crippen LogP contribution < -0.4 is 0 Å². The molecule has 0 spiro atoms. The van der Waals surface area contributed by atoms with Crippen LogP contribution in [0.4, 0.5) is 0 Å². The smallest absolute Gasteiger partial charge is 0.0604 e. The lowest BCUT2D eigenvalue weighted by Crippen LogP contribution is -2.28. The normalized spacial score (nSPS) is 20.6. The lowest BCUT2D eigenvalue weighted by molar-refractivity contribution is 0.184. The molecule has 134 valence electrons. The highest BCUT2D eigenvalue weighted by molar-refractivity contribution is 6.36. The number of benzene rings is 2. The molecule has 2 aromatic carbocycles. The van der Waals surface area contributed by atoms with E-state index in [1.165, 1.54) is 11.1 Å². The summed E-state index contributed by atoms with van der Waals surface area (Å²) in [5, 5.41) is 1.50. The van der Waals surface area contributed by atoms with E-state index in [1.807, 2.05) is 0 Å². The molecular weight excluding hydrogens is 351 g/mol. The van der Waals surface area contributed by atoms with Gasteiger partial charge in [-0.05, 0) is 52.6 Å². The van der Waals surface area contributed by atoms with Crippen LogP contribution in [0.1, 0.15) is 68.2 Å². The third kappa shape index (κ3) is 3.47. The van der Waals surface area contributed by atoms with Gasteiger partial charge in [-0.25, -0.2) is 0 Å². The molecule has 0 amide bonds. The van der Waals surface area contributed by atoms with Gasteiger partial charge in [-0.1, -0.05) is 75.2 Å². The summed E-state index contributed by atoms with van der Waals surface area (Å²) in [6.45, 7) is 10.1. The van der Waals surface area contributed by atoms with Crippen LogP contribution in [-0.2, 0) is 10.2 Å². The first-order valence-corrected chi connectivity index (χ1v) is 9.78. The molecule has 3 heteroatoms. The van der Waals surface area contributed by atoms with Gasteiger partial charge in [-0.3, -0.25) is 0 Å². The van der Waals surface area contributed by atoms with Crippen molar-refractivity contribution in [2.24, 2.45) is 0 Å². The van der Waals surface area contributed by atoms with Crippen molar-refractivity contribution >= 4 is 23.2 Å². The maximum absolute atomic E-state index is 6.60. The van der Waals surface area contributed by atoms with Gasteiger partial charge in [-0.15, -0.1) is 0 Å². The molecule has 0 N–H and O–H groups in total. The predicted molar refractivity (Wildman–Crippen MR) is 107 cm³/mol. The van der Waals surface area contributed by atoms with Gasteiger partial charge in [0, 0.05) is 22.1 Å². The Morgan fingerprint density at radius 1 is 0.880 bits per heavy atom. The lowest BCUT2D eigenvalue weighted by atomic mass is 9.73. The van der Waals surface area contributed by atoms with Crippen LogP contribution in [0.2, 0.25) is 10.0 Å². The van der Waals surface area contributed by atoms with Crippen LogP contribution in [0, 0.1) is 0 Å². The molecule has 1 atom stereocenters. The quantitative estimate of drug-likeness (QED) is 0.560. The number of hydrogen-bond acceptors (Lipinski definition) is 1. The predicted octanol–water partition coefficient (Wildman–Crippen LogP) is 6.95. The van der Waals surface area contributed by atoms with Crippen LogP contribution in [-0.4, -0.2) is 13.2 Å². The SMILES string of the molecule is CC(C)c1ccc(C2(c3cc(Cl)c(C(C)C)c(Cl)c3)CCOC2)cc1. The average molecular weight is 377 g/mol. The first kappa shape index (κ1) is 18.8. The summed E-state index contributed by atoms with van der Waals surface area (Å²) < 4.78 is 5.82. The Hall–Kier alpha value is -1.02. The van der Waals surface area contributed by atoms with Crippen LogP contribution in [0.5, 0.6) is 0 Å². The molecule has 0 bridgehead atoms. The van der Waals surface area contributed by atoms with E-state index in [4.69, 9.17) is 27.9 Å². The van der Waals surface area contributed by atoms with Gasteiger partial charge in [0.05, 0.1) is 6.61 Å². The Kier molecular flexibility index (Phi) is 5.48. The van der Waals surface area contributed by atoms with Crippen molar-refractivity contribution in [1.82, 2.24) is 0 Å². The van der Waals surface area contributed by atoms with Gasteiger partial charge in [-0.2, -0.15) is 0 Å². The number of hydrogen-bond donors (Lipinski definition) is 0. The molecule has 1 aliphatic heterocycles. The maximum atomic E-state index is 6.60. The minimum atomic E-state index is -0.168. The molecule has 3 rings (SSSR count). The number of ether oxygens (including phenoxy) is 1. The fraction of sp³-hybridized carbons (Fsp3) is 0.455. The largest absolute Gasteiger partial charge is 0.380 e. The van der Waals surface area contributed by atoms with Crippen molar-refractivity contribution < 1.29 is 4.74 Å². The fourth-order valence-corrected chi connectivity index (χ4v) is 4.71. The number of rotatable bonds is 4. The van der Waals surface area contributed by atoms with Crippen molar-refractivity contribution in [3.05, 3.63) is 68.7 Å². The molecule has 0 aliphatic carbocycles. The second-order valence-corrected chi connectivity index (χ2v) is 8.48. The molecule has 1 unspecified atom stereocenters. The van der Waals surface area contributed by atoms with Gasteiger partial charge < -0.3 is 4.74 Å². The molecule has 2 aromatic rings. The molecule has 25 heavy (non-hydrogen) atoms. The van der Waals surface area contributed by atoms with Crippen LogP contribution >= 0.6 is 23.2 Å². The standard InChI is InChI=1S/C22H26Cl2O/c1-14(2)16-5-7-17(8-6-16)22(9-10-25-13-22)18-11-19(23)21(15(3)4)20(24)12-18/h5-8,11-12,14-15H,9-10,13H2,1-4H3. The molecule has 0 aromatic heterocycles. The van der Waals surface area contributed by atoms with E-state index in [0.717, 1.165) is 34.2 Å². The molecule has 1 saturated heterocycles. The first-order valence-electron chi connectivity index (χ1n) is 9.03. The Balaban J connectivity index is 2.10. The van der Waals surface area contributed by atoms with Crippen LogP contribution in [0.25, 0.3) is 0 Å². The molecule has 1 aliphatic rings. The zero-order valence-electron chi connectivity index (χ0n) is 15.4.